The van der Waals surface area contributed by atoms with E-state index >= 15 is 0 Å². The van der Waals surface area contributed by atoms with Crippen molar-refractivity contribution in [3.8, 4) is 5.69 Å². The van der Waals surface area contributed by atoms with Gasteiger partial charge in [-0.2, -0.15) is 4.68 Å². The first-order chi connectivity index (χ1) is 11.6. The van der Waals surface area contributed by atoms with Gasteiger partial charge in [-0.1, -0.05) is 47.0 Å². The molecule has 8 heteroatoms. The highest BCUT2D eigenvalue weighted by atomic mass is 79.9. The molecule has 0 radical (unpaired) electrons. The molecule has 1 saturated carbocycles. The minimum absolute atomic E-state index is 0.136. The van der Waals surface area contributed by atoms with E-state index in [2.05, 4.69) is 31.5 Å². The van der Waals surface area contributed by atoms with Gasteiger partial charge in [-0.3, -0.25) is 4.79 Å². The normalized spacial score (nSPS) is 15.4. The standard InChI is InChI=1S/C16H20BrN5OS/c1-21(13-5-3-2-4-6-13)15(23)11-24-16-18-19-20-22(16)14-9-7-12(17)8-10-14/h7-10,13H,2-6,11H2,1H3. The summed E-state index contributed by atoms with van der Waals surface area (Å²) < 4.78 is 2.66. The summed E-state index contributed by atoms with van der Waals surface area (Å²) in [5.41, 5.74) is 0.874. The van der Waals surface area contributed by atoms with Crippen molar-refractivity contribution in [2.45, 2.75) is 43.3 Å². The largest absolute Gasteiger partial charge is 0.342 e. The number of aromatic nitrogens is 4. The van der Waals surface area contributed by atoms with Crippen molar-refractivity contribution in [2.24, 2.45) is 0 Å². The van der Waals surface area contributed by atoms with Gasteiger partial charge in [-0.25, -0.2) is 0 Å². The van der Waals surface area contributed by atoms with Crippen molar-refractivity contribution in [1.82, 2.24) is 25.1 Å². The molecule has 2 aromatic rings. The summed E-state index contributed by atoms with van der Waals surface area (Å²) in [6.07, 6.45) is 5.96. The fourth-order valence-electron chi connectivity index (χ4n) is 2.91. The number of thioether (sulfide) groups is 1. The van der Waals surface area contributed by atoms with Crippen LogP contribution in [0.2, 0.25) is 0 Å². The van der Waals surface area contributed by atoms with E-state index in [1.165, 1.54) is 31.0 Å². The number of carbonyl (C=O) groups excluding carboxylic acids is 1. The SMILES string of the molecule is CN(C(=O)CSc1nnnn1-c1ccc(Br)cc1)C1CCCCC1. The molecule has 1 aliphatic carbocycles. The number of carbonyl (C=O) groups is 1. The molecular weight excluding hydrogens is 390 g/mol. The van der Waals surface area contributed by atoms with Crippen molar-refractivity contribution in [2.75, 3.05) is 12.8 Å². The van der Waals surface area contributed by atoms with E-state index in [9.17, 15) is 4.79 Å². The maximum Gasteiger partial charge on any atom is 0.233 e. The topological polar surface area (TPSA) is 63.9 Å². The lowest BCUT2D eigenvalue weighted by atomic mass is 9.94. The fraction of sp³-hybridized carbons (Fsp3) is 0.500. The van der Waals surface area contributed by atoms with Gasteiger partial charge in [0.2, 0.25) is 11.1 Å². The molecule has 24 heavy (non-hydrogen) atoms. The van der Waals surface area contributed by atoms with Crippen molar-refractivity contribution < 1.29 is 4.79 Å². The molecule has 0 aliphatic heterocycles. The molecule has 1 aliphatic rings. The molecule has 0 spiro atoms. The van der Waals surface area contributed by atoms with E-state index in [1.807, 2.05) is 36.2 Å². The fourth-order valence-corrected chi connectivity index (χ4v) is 3.99. The third-order valence-electron chi connectivity index (χ3n) is 4.35. The van der Waals surface area contributed by atoms with Crippen LogP contribution in [-0.4, -0.2) is 49.9 Å². The molecule has 1 heterocycles. The quantitative estimate of drug-likeness (QED) is 0.708. The van der Waals surface area contributed by atoms with Gasteiger partial charge in [-0.05, 0) is 47.5 Å². The highest BCUT2D eigenvalue weighted by Gasteiger charge is 2.22. The third-order valence-corrected chi connectivity index (χ3v) is 5.79. The molecule has 0 N–H and O–H groups in total. The van der Waals surface area contributed by atoms with Crippen molar-refractivity contribution in [3.05, 3.63) is 28.7 Å². The Labute approximate surface area is 154 Å². The smallest absolute Gasteiger partial charge is 0.233 e. The van der Waals surface area contributed by atoms with Crippen molar-refractivity contribution >= 4 is 33.6 Å². The number of nitrogens with zero attached hydrogens (tertiary/aromatic N) is 5. The number of hydrogen-bond acceptors (Lipinski definition) is 5. The first kappa shape index (κ1) is 17.4. The van der Waals surface area contributed by atoms with Crippen LogP contribution in [0.5, 0.6) is 0 Å². The Bertz CT molecular complexity index is 684. The molecule has 128 valence electrons. The van der Waals surface area contributed by atoms with Crippen molar-refractivity contribution in [3.63, 3.8) is 0 Å². The van der Waals surface area contributed by atoms with Gasteiger partial charge in [0.1, 0.15) is 0 Å². The Balaban J connectivity index is 1.61. The molecule has 0 bridgehead atoms. The van der Waals surface area contributed by atoms with Crippen LogP contribution in [0.4, 0.5) is 0 Å². The van der Waals surface area contributed by atoms with Crippen LogP contribution in [0.3, 0.4) is 0 Å². The Hall–Kier alpha value is -1.41. The summed E-state index contributed by atoms with van der Waals surface area (Å²) in [6.45, 7) is 0. The van der Waals surface area contributed by atoms with Crippen LogP contribution in [0.1, 0.15) is 32.1 Å². The van der Waals surface area contributed by atoms with Crippen LogP contribution in [0.25, 0.3) is 5.69 Å². The van der Waals surface area contributed by atoms with Crippen LogP contribution in [-0.2, 0) is 4.79 Å². The van der Waals surface area contributed by atoms with Gasteiger partial charge in [0.25, 0.3) is 0 Å². The molecule has 0 saturated heterocycles. The number of hydrogen-bond donors (Lipinski definition) is 0. The van der Waals surface area contributed by atoms with Gasteiger partial charge < -0.3 is 4.90 Å². The summed E-state index contributed by atoms with van der Waals surface area (Å²) in [5, 5.41) is 12.4. The third kappa shape index (κ3) is 4.16. The molecule has 6 nitrogen and oxygen atoms in total. The summed E-state index contributed by atoms with van der Waals surface area (Å²) in [5.74, 6) is 0.487. The average Bonchev–Trinajstić information content (AvgIpc) is 3.09. The summed E-state index contributed by atoms with van der Waals surface area (Å²) in [4.78, 5) is 14.4. The molecular formula is C16H20BrN5OS. The molecule has 0 atom stereocenters. The lowest BCUT2D eigenvalue weighted by Crippen LogP contribution is -2.39. The zero-order valence-electron chi connectivity index (χ0n) is 13.6. The number of tetrazole rings is 1. The molecule has 1 aromatic carbocycles. The van der Waals surface area contributed by atoms with E-state index in [0.29, 0.717) is 17.0 Å². The van der Waals surface area contributed by atoms with Crippen LogP contribution in [0, 0.1) is 0 Å². The Kier molecular flexibility index (Phi) is 5.89. The van der Waals surface area contributed by atoms with Crippen LogP contribution in [0.15, 0.2) is 33.9 Å². The monoisotopic (exact) mass is 409 g/mol. The Morgan fingerprint density at radius 3 is 2.71 bits per heavy atom. The number of rotatable bonds is 5. The lowest BCUT2D eigenvalue weighted by molar-refractivity contribution is -0.129. The summed E-state index contributed by atoms with van der Waals surface area (Å²) >= 11 is 4.79. The van der Waals surface area contributed by atoms with E-state index in [1.54, 1.807) is 4.68 Å². The summed E-state index contributed by atoms with van der Waals surface area (Å²) in [6, 6.07) is 8.12. The number of halogens is 1. The lowest BCUT2D eigenvalue weighted by Gasteiger charge is -2.31. The maximum atomic E-state index is 12.5. The zero-order valence-corrected chi connectivity index (χ0v) is 16.0. The number of benzene rings is 1. The van der Waals surface area contributed by atoms with Gasteiger partial charge in [-0.15, -0.1) is 5.10 Å². The van der Waals surface area contributed by atoms with Crippen molar-refractivity contribution in [1.29, 1.82) is 0 Å². The molecule has 3 rings (SSSR count). The van der Waals surface area contributed by atoms with Gasteiger partial charge in [0.05, 0.1) is 11.4 Å². The molecule has 1 amide bonds. The molecule has 1 aromatic heterocycles. The zero-order chi connectivity index (χ0) is 16.9. The number of amides is 1. The van der Waals surface area contributed by atoms with E-state index in [-0.39, 0.29) is 5.91 Å². The predicted molar refractivity (Wildman–Crippen MR) is 97.2 cm³/mol. The first-order valence-corrected chi connectivity index (χ1v) is 9.86. The van der Waals surface area contributed by atoms with E-state index in [0.717, 1.165) is 23.0 Å². The van der Waals surface area contributed by atoms with Crippen LogP contribution < -0.4 is 0 Å². The highest BCUT2D eigenvalue weighted by Crippen LogP contribution is 2.24. The van der Waals surface area contributed by atoms with E-state index < -0.39 is 0 Å². The molecule has 1 fully saturated rings. The van der Waals surface area contributed by atoms with E-state index in [4.69, 9.17) is 0 Å². The average molecular weight is 410 g/mol. The highest BCUT2D eigenvalue weighted by molar-refractivity contribution is 9.10. The second-order valence-electron chi connectivity index (χ2n) is 5.93. The van der Waals surface area contributed by atoms with Crippen LogP contribution >= 0.6 is 27.7 Å². The summed E-state index contributed by atoms with van der Waals surface area (Å²) in [7, 11) is 1.91. The molecule has 0 unspecified atom stereocenters. The minimum atomic E-state index is 0.136. The Morgan fingerprint density at radius 1 is 1.29 bits per heavy atom. The van der Waals surface area contributed by atoms with Gasteiger partial charge in [0, 0.05) is 17.6 Å². The van der Waals surface area contributed by atoms with Gasteiger partial charge in [0.15, 0.2) is 0 Å². The predicted octanol–water partition coefficient (Wildman–Crippen LogP) is 3.31. The minimum Gasteiger partial charge on any atom is -0.342 e. The first-order valence-electron chi connectivity index (χ1n) is 8.08. The maximum absolute atomic E-state index is 12.5. The van der Waals surface area contributed by atoms with Gasteiger partial charge >= 0.3 is 0 Å². The Morgan fingerprint density at radius 2 is 2.00 bits per heavy atom. The second-order valence-corrected chi connectivity index (χ2v) is 7.79. The second kappa shape index (κ2) is 8.11.